The van der Waals surface area contributed by atoms with Crippen molar-refractivity contribution in [3.05, 3.63) is 72.8 Å². The van der Waals surface area contributed by atoms with Gasteiger partial charge in [0, 0.05) is 49.9 Å². The molecule has 1 aliphatic rings. The molecule has 0 saturated carbocycles. The Bertz CT molecular complexity index is 1140. The molecule has 30 heavy (non-hydrogen) atoms. The van der Waals surface area contributed by atoms with Crippen molar-refractivity contribution in [3.63, 3.8) is 0 Å². The quantitative estimate of drug-likeness (QED) is 0.560. The van der Waals surface area contributed by atoms with Gasteiger partial charge in [-0.25, -0.2) is 14.4 Å². The molecule has 0 unspecified atom stereocenters. The summed E-state index contributed by atoms with van der Waals surface area (Å²) in [5, 5.41) is 3.34. The summed E-state index contributed by atoms with van der Waals surface area (Å²) in [5.41, 5.74) is 3.14. The Balaban J connectivity index is 1.40. The minimum atomic E-state index is -0.221. The van der Waals surface area contributed by atoms with Crippen LogP contribution in [0.1, 0.15) is 0 Å². The lowest BCUT2D eigenvalue weighted by Gasteiger charge is -2.36. The molecule has 1 fully saturated rings. The van der Waals surface area contributed by atoms with Gasteiger partial charge in [0.1, 0.15) is 5.82 Å². The van der Waals surface area contributed by atoms with E-state index < -0.39 is 0 Å². The van der Waals surface area contributed by atoms with E-state index in [9.17, 15) is 4.39 Å². The van der Waals surface area contributed by atoms with Crippen LogP contribution in [0.3, 0.4) is 0 Å². The Morgan fingerprint density at radius 1 is 0.767 bits per heavy atom. The van der Waals surface area contributed by atoms with E-state index in [1.165, 1.54) is 12.1 Å². The van der Waals surface area contributed by atoms with Crippen LogP contribution >= 0.6 is 0 Å². The predicted molar refractivity (Wildman–Crippen MR) is 116 cm³/mol. The highest BCUT2D eigenvalue weighted by molar-refractivity contribution is 5.85. The Kier molecular flexibility index (Phi) is 4.80. The maximum Gasteiger partial charge on any atom is 0.229 e. The summed E-state index contributed by atoms with van der Waals surface area (Å²) in [4.78, 5) is 22.6. The number of halogens is 1. The summed E-state index contributed by atoms with van der Waals surface area (Å²) in [7, 11) is 0. The van der Waals surface area contributed by atoms with Gasteiger partial charge in [-0.15, -0.1) is 0 Å². The molecule has 5 rings (SSSR count). The van der Waals surface area contributed by atoms with Crippen LogP contribution < -0.4 is 15.1 Å². The van der Waals surface area contributed by atoms with Crippen molar-refractivity contribution in [2.75, 3.05) is 41.3 Å². The van der Waals surface area contributed by atoms with Gasteiger partial charge < -0.3 is 15.1 Å². The first-order chi connectivity index (χ1) is 14.8. The molecule has 150 valence electrons. The Hall–Kier alpha value is -3.81. The molecule has 1 aliphatic heterocycles. The summed E-state index contributed by atoms with van der Waals surface area (Å²) in [6, 6.07) is 16.5. The number of rotatable bonds is 4. The lowest BCUT2D eigenvalue weighted by atomic mass is 10.2. The van der Waals surface area contributed by atoms with Gasteiger partial charge in [-0.3, -0.25) is 0 Å². The number of hydrogen-bond donors (Lipinski definition) is 1. The first-order valence-corrected chi connectivity index (χ1v) is 9.82. The fourth-order valence-electron chi connectivity index (χ4n) is 3.56. The predicted octanol–water partition coefficient (Wildman–Crippen LogP) is 3.63. The van der Waals surface area contributed by atoms with Crippen LogP contribution in [0.2, 0.25) is 0 Å². The Morgan fingerprint density at radius 2 is 1.47 bits per heavy atom. The first kappa shape index (κ1) is 18.2. The maximum atomic E-state index is 13.2. The second-order valence-corrected chi connectivity index (χ2v) is 7.04. The molecule has 2 aromatic heterocycles. The van der Waals surface area contributed by atoms with Crippen LogP contribution in [-0.4, -0.2) is 46.1 Å². The number of para-hydroxylation sites is 1. The minimum Gasteiger partial charge on any atom is -0.368 e. The summed E-state index contributed by atoms with van der Waals surface area (Å²) < 4.78 is 13.2. The number of fused-ring (bicyclic) bond motifs is 1. The van der Waals surface area contributed by atoms with Crippen LogP contribution in [0.25, 0.3) is 11.2 Å². The molecular weight excluding hydrogens is 381 g/mol. The number of nitrogens with one attached hydrogen (secondary N) is 1. The zero-order valence-electron chi connectivity index (χ0n) is 16.2. The molecule has 1 N–H and O–H groups in total. The van der Waals surface area contributed by atoms with Gasteiger partial charge in [0.05, 0.1) is 0 Å². The second-order valence-electron chi connectivity index (χ2n) is 7.04. The number of anilines is 4. The normalized spacial score (nSPS) is 14.2. The first-order valence-electron chi connectivity index (χ1n) is 9.82. The van der Waals surface area contributed by atoms with E-state index in [0.29, 0.717) is 22.9 Å². The minimum absolute atomic E-state index is 0.221. The van der Waals surface area contributed by atoms with Gasteiger partial charge in [-0.2, -0.15) is 9.97 Å². The standard InChI is InChI=1S/C22H20FN7/c23-16-6-8-18(9-7-16)29-12-14-30(15-13-29)22-27-20-19(24-10-11-25-20)21(28-22)26-17-4-2-1-3-5-17/h1-11H,12-15H2,(H,25,26,27,28). The summed E-state index contributed by atoms with van der Waals surface area (Å²) in [6.45, 7) is 3.12. The van der Waals surface area contributed by atoms with Crippen LogP contribution in [0.5, 0.6) is 0 Å². The summed E-state index contributed by atoms with van der Waals surface area (Å²) >= 11 is 0. The van der Waals surface area contributed by atoms with Gasteiger partial charge in [0.2, 0.25) is 5.95 Å². The molecule has 0 radical (unpaired) electrons. The zero-order chi connectivity index (χ0) is 20.3. The zero-order valence-corrected chi connectivity index (χ0v) is 16.2. The average molecular weight is 401 g/mol. The molecule has 4 aromatic rings. The van der Waals surface area contributed by atoms with Crippen molar-refractivity contribution in [2.24, 2.45) is 0 Å². The third-order valence-corrected chi connectivity index (χ3v) is 5.11. The third kappa shape index (κ3) is 3.71. The number of benzene rings is 2. The summed E-state index contributed by atoms with van der Waals surface area (Å²) in [6.07, 6.45) is 3.28. The summed E-state index contributed by atoms with van der Waals surface area (Å²) in [5.74, 6) is 1.04. The molecule has 7 nitrogen and oxygen atoms in total. The van der Waals surface area contributed by atoms with Gasteiger partial charge in [0.25, 0.3) is 0 Å². The van der Waals surface area contributed by atoms with Gasteiger partial charge in [-0.05, 0) is 36.4 Å². The van der Waals surface area contributed by atoms with E-state index in [1.807, 2.05) is 42.5 Å². The molecule has 1 saturated heterocycles. The van der Waals surface area contributed by atoms with E-state index in [-0.39, 0.29) is 5.82 Å². The van der Waals surface area contributed by atoms with Crippen LogP contribution in [0.15, 0.2) is 67.0 Å². The molecular formula is C22H20FN7. The van der Waals surface area contributed by atoms with Gasteiger partial charge in [-0.1, -0.05) is 18.2 Å². The fourth-order valence-corrected chi connectivity index (χ4v) is 3.56. The number of aromatic nitrogens is 4. The molecule has 0 amide bonds. The highest BCUT2D eigenvalue weighted by atomic mass is 19.1. The lowest BCUT2D eigenvalue weighted by molar-refractivity contribution is 0.623. The maximum absolute atomic E-state index is 13.2. The van der Waals surface area contributed by atoms with Crippen LogP contribution in [0.4, 0.5) is 27.5 Å². The second kappa shape index (κ2) is 7.90. The molecule has 2 aromatic carbocycles. The van der Waals surface area contributed by atoms with Crippen molar-refractivity contribution in [3.8, 4) is 0 Å². The SMILES string of the molecule is Fc1ccc(N2CCN(c3nc(Nc4ccccc4)c4nccnc4n3)CC2)cc1. The Labute approximate surface area is 173 Å². The molecule has 0 spiro atoms. The highest BCUT2D eigenvalue weighted by Gasteiger charge is 2.21. The van der Waals surface area contributed by atoms with Gasteiger partial charge >= 0.3 is 0 Å². The molecule has 0 bridgehead atoms. The molecule has 0 atom stereocenters. The van der Waals surface area contributed by atoms with Crippen molar-refractivity contribution in [2.45, 2.75) is 0 Å². The fraction of sp³-hybridized carbons (Fsp3) is 0.182. The number of hydrogen-bond acceptors (Lipinski definition) is 7. The van der Waals surface area contributed by atoms with E-state index >= 15 is 0 Å². The van der Waals surface area contributed by atoms with E-state index in [2.05, 4.69) is 30.1 Å². The topological polar surface area (TPSA) is 70.1 Å². The highest BCUT2D eigenvalue weighted by Crippen LogP contribution is 2.25. The lowest BCUT2D eigenvalue weighted by Crippen LogP contribution is -2.47. The van der Waals surface area contributed by atoms with Crippen molar-refractivity contribution in [1.29, 1.82) is 0 Å². The van der Waals surface area contributed by atoms with E-state index in [4.69, 9.17) is 4.98 Å². The third-order valence-electron chi connectivity index (χ3n) is 5.11. The van der Waals surface area contributed by atoms with E-state index in [1.54, 1.807) is 12.4 Å². The Morgan fingerprint density at radius 3 is 2.23 bits per heavy atom. The number of nitrogens with zero attached hydrogens (tertiary/aromatic N) is 6. The molecule has 0 aliphatic carbocycles. The van der Waals surface area contributed by atoms with Crippen molar-refractivity contribution >= 4 is 34.3 Å². The van der Waals surface area contributed by atoms with Crippen LogP contribution in [0, 0.1) is 5.82 Å². The van der Waals surface area contributed by atoms with Crippen molar-refractivity contribution < 1.29 is 4.39 Å². The largest absolute Gasteiger partial charge is 0.368 e. The average Bonchev–Trinajstić information content (AvgIpc) is 2.80. The van der Waals surface area contributed by atoms with Gasteiger partial charge in [0.15, 0.2) is 17.0 Å². The monoisotopic (exact) mass is 401 g/mol. The van der Waals surface area contributed by atoms with E-state index in [0.717, 1.165) is 37.6 Å². The molecule has 3 heterocycles. The smallest absolute Gasteiger partial charge is 0.229 e. The molecule has 8 heteroatoms. The number of piperazine rings is 1. The van der Waals surface area contributed by atoms with Crippen LogP contribution in [-0.2, 0) is 0 Å². The van der Waals surface area contributed by atoms with Crippen molar-refractivity contribution in [1.82, 2.24) is 19.9 Å².